The van der Waals surface area contributed by atoms with Crippen LogP contribution in [0.2, 0.25) is 0 Å². The largest absolute Gasteiger partial charge is 1.00 e. The molecule has 4 aromatic carbocycles. The fraction of sp³-hybridized carbons (Fsp3) is 0.200. The predicted molar refractivity (Wildman–Crippen MR) is 230 cm³/mol. The van der Waals surface area contributed by atoms with Crippen LogP contribution in [0.25, 0.3) is 12.2 Å². The Balaban J connectivity index is 0.00000476. The molecule has 26 heteroatoms. The van der Waals surface area contributed by atoms with Crippen LogP contribution in [0.1, 0.15) is 11.1 Å². The number of nitrogens with one attached hydrogen (secondary N) is 2. The summed E-state index contributed by atoms with van der Waals surface area (Å²) in [5.41, 5.74) is -0.286. The topological polar surface area (TPSA) is 322 Å². The van der Waals surface area contributed by atoms with Crippen molar-refractivity contribution in [2.45, 2.75) is 9.79 Å². The number of rotatable bonds is 22. The van der Waals surface area contributed by atoms with Crippen LogP contribution in [0.4, 0.5) is 35.2 Å². The van der Waals surface area contributed by atoms with E-state index >= 15 is 0 Å². The number of nitrogens with zero attached hydrogens (tertiary/aromatic N) is 8. The van der Waals surface area contributed by atoms with Gasteiger partial charge in [-0.3, -0.25) is 0 Å². The van der Waals surface area contributed by atoms with E-state index < -0.39 is 30.0 Å². The summed E-state index contributed by atoms with van der Waals surface area (Å²) >= 11 is 0. The first-order chi connectivity index (χ1) is 30.8. The molecule has 0 aliphatic rings. The molecule has 0 aliphatic carbocycles. The van der Waals surface area contributed by atoms with E-state index in [-0.39, 0.29) is 170 Å². The average Bonchev–Trinajstić information content (AvgIpc) is 3.26. The Kier molecular flexibility index (Phi) is 20.6. The Hall–Kier alpha value is -4.90. The summed E-state index contributed by atoms with van der Waals surface area (Å²) in [7, 11) is -10.4. The molecule has 66 heavy (non-hydrogen) atoms. The van der Waals surface area contributed by atoms with E-state index in [4.69, 9.17) is 9.47 Å². The molecule has 0 radical (unpaired) electrons. The van der Waals surface area contributed by atoms with Gasteiger partial charge < -0.3 is 59.4 Å². The molecule has 0 spiro atoms. The van der Waals surface area contributed by atoms with Crippen molar-refractivity contribution >= 4 is 67.6 Å². The van der Waals surface area contributed by atoms with Crippen LogP contribution >= 0.6 is 0 Å². The number of para-hydroxylation sites is 2. The normalized spacial score (nSPS) is 11.3. The number of benzene rings is 4. The molecule has 0 atom stereocenters. The van der Waals surface area contributed by atoms with Crippen LogP contribution in [0.15, 0.2) is 107 Å². The SMILES string of the molecule is O=S(=O)([O-])c1cc(Nc2nc(Oc3ccccc3)nc(N(CCO)CCO)n2)ccc1C=Cc1ccc(Nc2nc(Oc3ccccc3)nc(N(CCO)CCO)n2)cc1S(=O)(=O)[O-].[Na+].[Na+]. The molecule has 22 nitrogen and oxygen atoms in total. The summed E-state index contributed by atoms with van der Waals surface area (Å²) in [6, 6.07) is 23.9. The fourth-order valence-corrected chi connectivity index (χ4v) is 7.23. The van der Waals surface area contributed by atoms with E-state index in [0.29, 0.717) is 11.5 Å². The average molecular weight is 963 g/mol. The van der Waals surface area contributed by atoms with E-state index in [2.05, 4.69) is 40.5 Å². The second-order valence-corrected chi connectivity index (χ2v) is 15.9. The summed E-state index contributed by atoms with van der Waals surface area (Å²) in [6.07, 6.45) is 2.28. The number of hydrogen-bond donors (Lipinski definition) is 6. The zero-order valence-electron chi connectivity index (χ0n) is 35.5. The summed E-state index contributed by atoms with van der Waals surface area (Å²) in [5, 5.41) is 44.0. The van der Waals surface area contributed by atoms with Crippen molar-refractivity contribution in [2.75, 3.05) is 73.0 Å². The maximum atomic E-state index is 12.6. The van der Waals surface area contributed by atoms with Gasteiger partial charge in [0.05, 0.1) is 36.2 Å². The van der Waals surface area contributed by atoms with Gasteiger partial charge >= 0.3 is 71.1 Å². The van der Waals surface area contributed by atoms with E-state index in [1.165, 1.54) is 34.1 Å². The van der Waals surface area contributed by atoms with Crippen molar-refractivity contribution in [3.63, 3.8) is 0 Å². The Labute approximate surface area is 423 Å². The Morgan fingerprint density at radius 1 is 0.515 bits per heavy atom. The third-order valence-electron chi connectivity index (χ3n) is 8.68. The van der Waals surface area contributed by atoms with Crippen molar-refractivity contribution in [1.29, 1.82) is 0 Å². The number of aliphatic hydroxyl groups is 4. The molecule has 6 N–H and O–H groups in total. The fourth-order valence-electron chi connectivity index (χ4n) is 5.84. The summed E-state index contributed by atoms with van der Waals surface area (Å²) < 4.78 is 87.1. The molecule has 2 heterocycles. The zero-order chi connectivity index (χ0) is 45.7. The van der Waals surface area contributed by atoms with Crippen LogP contribution in [-0.4, -0.2) is 129 Å². The summed E-state index contributed by atoms with van der Waals surface area (Å²) in [6.45, 7) is -1.10. The molecule has 6 aromatic rings. The van der Waals surface area contributed by atoms with E-state index in [9.17, 15) is 46.4 Å². The molecule has 6 rings (SSSR count). The molecule has 0 unspecified atom stereocenters. The van der Waals surface area contributed by atoms with Crippen LogP contribution < -0.4 is 89.0 Å². The predicted octanol–water partition coefficient (Wildman–Crippen LogP) is -3.30. The zero-order valence-corrected chi connectivity index (χ0v) is 41.1. The van der Waals surface area contributed by atoms with Crippen molar-refractivity contribution in [1.82, 2.24) is 29.9 Å². The standard InChI is InChI=1S/C40H42N10O12S2.2Na/c51-21-17-49(18-22-52)37-43-35(45-39(47-37)61-31-7-3-1-4-8-31)41-29-15-13-27(33(25-29)63(55,56)57)11-12-28-14-16-30(26-34(28)64(58,59)60)42-36-44-38(50(19-23-53)20-24-54)48-40(46-36)62-32-9-5-2-6-10-32;;/h1-16,25-26,51-54H,17-24H2,(H,55,56,57)(H,58,59,60)(H,41,43,45,47)(H,42,44,46,48);;/q;2*+1/p-2. The molecule has 0 amide bonds. The van der Waals surface area contributed by atoms with Crippen LogP contribution in [0.3, 0.4) is 0 Å². The van der Waals surface area contributed by atoms with Gasteiger partial charge in [0.1, 0.15) is 31.7 Å². The van der Waals surface area contributed by atoms with Gasteiger partial charge in [-0.25, -0.2) is 16.8 Å². The Bertz CT molecular complexity index is 2590. The monoisotopic (exact) mass is 962 g/mol. The van der Waals surface area contributed by atoms with Gasteiger partial charge in [-0.2, -0.15) is 29.9 Å². The first-order valence-corrected chi connectivity index (χ1v) is 21.9. The molecular formula is C40H40N10Na2O12S2. The Morgan fingerprint density at radius 3 is 1.18 bits per heavy atom. The second kappa shape index (κ2) is 25.3. The smallest absolute Gasteiger partial charge is 0.744 e. The van der Waals surface area contributed by atoms with Gasteiger partial charge in [0.25, 0.3) is 0 Å². The molecule has 0 saturated heterocycles. The quantitative estimate of drug-likeness (QED) is 0.0220. The number of aromatic nitrogens is 6. The van der Waals surface area contributed by atoms with Gasteiger partial charge in [0.2, 0.25) is 23.8 Å². The number of aliphatic hydroxyl groups excluding tert-OH is 4. The van der Waals surface area contributed by atoms with Gasteiger partial charge in [-0.15, -0.1) is 0 Å². The molecule has 0 aliphatic heterocycles. The van der Waals surface area contributed by atoms with E-state index in [1.54, 1.807) is 60.7 Å². The molecule has 0 fully saturated rings. The molecule has 336 valence electrons. The molecule has 2 aromatic heterocycles. The summed E-state index contributed by atoms with van der Waals surface area (Å²) in [5.74, 6) is 0.421. The number of hydrogen-bond acceptors (Lipinski definition) is 22. The third kappa shape index (κ3) is 15.3. The van der Waals surface area contributed by atoms with E-state index in [0.717, 1.165) is 24.3 Å². The van der Waals surface area contributed by atoms with Crippen molar-refractivity contribution < 1.29 is 115 Å². The van der Waals surface area contributed by atoms with Crippen molar-refractivity contribution in [2.24, 2.45) is 0 Å². The first kappa shape index (κ1) is 53.7. The molecule has 0 saturated carbocycles. The van der Waals surface area contributed by atoms with Crippen LogP contribution in [-0.2, 0) is 20.2 Å². The minimum Gasteiger partial charge on any atom is -0.744 e. The van der Waals surface area contributed by atoms with Crippen molar-refractivity contribution in [3.8, 4) is 23.5 Å². The van der Waals surface area contributed by atoms with Crippen LogP contribution in [0, 0.1) is 0 Å². The van der Waals surface area contributed by atoms with E-state index in [1.807, 2.05) is 0 Å². The van der Waals surface area contributed by atoms with Gasteiger partial charge in [-0.05, 0) is 59.7 Å². The van der Waals surface area contributed by atoms with Gasteiger partial charge in [0, 0.05) is 37.6 Å². The Morgan fingerprint density at radius 2 is 0.864 bits per heavy atom. The summed E-state index contributed by atoms with van der Waals surface area (Å²) in [4.78, 5) is 27.2. The minimum atomic E-state index is -5.19. The van der Waals surface area contributed by atoms with Crippen molar-refractivity contribution in [3.05, 3.63) is 108 Å². The minimum absolute atomic E-state index is 0. The molecule has 0 bridgehead atoms. The maximum Gasteiger partial charge on any atom is 1.00 e. The molecular weight excluding hydrogens is 923 g/mol. The van der Waals surface area contributed by atoms with Gasteiger partial charge in [-0.1, -0.05) is 60.7 Å². The second-order valence-electron chi connectivity index (χ2n) is 13.2. The number of anilines is 6. The third-order valence-corrected chi connectivity index (χ3v) is 10.5. The van der Waals surface area contributed by atoms with Crippen LogP contribution in [0.5, 0.6) is 23.5 Å². The maximum absolute atomic E-state index is 12.6. The van der Waals surface area contributed by atoms with Gasteiger partial charge in [0.15, 0.2) is 0 Å². The number of ether oxygens (including phenoxy) is 2. The first-order valence-electron chi connectivity index (χ1n) is 19.1.